The second-order valence-electron chi connectivity index (χ2n) is 7.64. The number of hydrogen-bond acceptors (Lipinski definition) is 3. The average Bonchev–Trinajstić information content (AvgIpc) is 3.38. The van der Waals surface area contributed by atoms with Crippen molar-refractivity contribution in [3.8, 4) is 28.2 Å². The number of benzene rings is 3. The number of aromatic amines is 1. The van der Waals surface area contributed by atoms with Crippen LogP contribution in [0.5, 0.6) is 0 Å². The summed E-state index contributed by atoms with van der Waals surface area (Å²) in [5, 5.41) is 7.46. The Kier molecular flexibility index (Phi) is 6.44. The molecule has 2 aromatic heterocycles. The minimum Gasteiger partial charge on any atom is -0.345 e. The van der Waals surface area contributed by atoms with E-state index < -0.39 is 0 Å². The molecule has 168 valence electrons. The summed E-state index contributed by atoms with van der Waals surface area (Å²) in [6.45, 7) is 1.22. The van der Waals surface area contributed by atoms with Crippen molar-refractivity contribution < 1.29 is 4.39 Å². The van der Waals surface area contributed by atoms with Crippen molar-refractivity contribution in [2.45, 2.75) is 13.0 Å². The van der Waals surface area contributed by atoms with Gasteiger partial charge in [0, 0.05) is 23.7 Å². The highest BCUT2D eigenvalue weighted by atomic mass is 35.5. The van der Waals surface area contributed by atoms with Crippen molar-refractivity contribution >= 4 is 23.3 Å². The van der Waals surface area contributed by atoms with E-state index in [1.165, 1.54) is 16.7 Å². The zero-order chi connectivity index (χ0) is 22.1. The molecule has 0 unspecified atom stereocenters. The Morgan fingerprint density at radius 2 is 1.64 bits per heavy atom. The van der Waals surface area contributed by atoms with Gasteiger partial charge in [-0.1, -0.05) is 54.6 Å². The van der Waals surface area contributed by atoms with Gasteiger partial charge in [0.15, 0.2) is 5.82 Å². The summed E-state index contributed by atoms with van der Waals surface area (Å²) in [6.07, 6.45) is 2.63. The van der Waals surface area contributed by atoms with Gasteiger partial charge in [-0.15, -0.1) is 12.4 Å². The SMILES string of the molecule is Cl.NCCCn1cc(-n2c(-c3ccc(-c4ccccc4)cc3)n[nH]c2=O)c2cc(F)ccc21. The molecule has 3 N–H and O–H groups in total. The number of aryl methyl sites for hydroxylation is 1. The van der Waals surface area contributed by atoms with Crippen molar-refractivity contribution in [1.82, 2.24) is 19.3 Å². The van der Waals surface area contributed by atoms with Crippen molar-refractivity contribution in [1.29, 1.82) is 0 Å². The lowest BCUT2D eigenvalue weighted by Gasteiger charge is -2.06. The van der Waals surface area contributed by atoms with Crippen LogP contribution in [0.25, 0.3) is 39.1 Å². The number of H-pyrrole nitrogens is 1. The topological polar surface area (TPSA) is 81.6 Å². The average molecular weight is 464 g/mol. The van der Waals surface area contributed by atoms with E-state index in [4.69, 9.17) is 5.73 Å². The normalized spacial score (nSPS) is 11.0. The van der Waals surface area contributed by atoms with Crippen LogP contribution in [0.3, 0.4) is 0 Å². The van der Waals surface area contributed by atoms with E-state index in [0.717, 1.165) is 28.6 Å². The number of aromatic nitrogens is 4. The Hall–Kier alpha value is -3.68. The van der Waals surface area contributed by atoms with Gasteiger partial charge in [-0.05, 0) is 42.3 Å². The minimum absolute atomic E-state index is 0. The third-order valence-corrected chi connectivity index (χ3v) is 5.59. The zero-order valence-corrected chi connectivity index (χ0v) is 18.6. The van der Waals surface area contributed by atoms with E-state index in [1.54, 1.807) is 6.07 Å². The van der Waals surface area contributed by atoms with Gasteiger partial charge in [0.2, 0.25) is 0 Å². The molecular formula is C25H23ClFN5O. The van der Waals surface area contributed by atoms with Crippen LogP contribution in [0.1, 0.15) is 6.42 Å². The number of nitrogens with one attached hydrogen (secondary N) is 1. The quantitative estimate of drug-likeness (QED) is 0.381. The molecule has 5 rings (SSSR count). The van der Waals surface area contributed by atoms with Gasteiger partial charge in [-0.3, -0.25) is 0 Å². The number of nitrogens with two attached hydrogens (primary N) is 1. The lowest BCUT2D eigenvalue weighted by atomic mass is 10.0. The van der Waals surface area contributed by atoms with Crippen molar-refractivity contribution in [2.24, 2.45) is 5.73 Å². The third kappa shape index (κ3) is 4.20. The summed E-state index contributed by atoms with van der Waals surface area (Å²) in [5.41, 5.74) is 9.68. The number of rotatable bonds is 6. The summed E-state index contributed by atoms with van der Waals surface area (Å²) >= 11 is 0. The highest BCUT2D eigenvalue weighted by Gasteiger charge is 2.18. The molecule has 0 aliphatic carbocycles. The Balaban J connectivity index is 0.00000259. The Labute approximate surface area is 195 Å². The molecule has 0 saturated carbocycles. The van der Waals surface area contributed by atoms with Crippen LogP contribution in [0.4, 0.5) is 4.39 Å². The van der Waals surface area contributed by atoms with Crippen LogP contribution >= 0.6 is 12.4 Å². The van der Waals surface area contributed by atoms with Crippen molar-refractivity contribution in [3.05, 3.63) is 95.3 Å². The molecule has 2 heterocycles. The van der Waals surface area contributed by atoms with Crippen LogP contribution < -0.4 is 11.4 Å². The predicted molar refractivity (Wildman–Crippen MR) is 131 cm³/mol. The largest absolute Gasteiger partial charge is 0.348 e. The second-order valence-corrected chi connectivity index (χ2v) is 7.64. The molecule has 0 atom stereocenters. The lowest BCUT2D eigenvalue weighted by molar-refractivity contribution is 0.629. The first-order chi connectivity index (χ1) is 15.7. The van der Waals surface area contributed by atoms with Gasteiger partial charge in [0.05, 0.1) is 11.2 Å². The fourth-order valence-electron chi connectivity index (χ4n) is 4.03. The van der Waals surface area contributed by atoms with E-state index >= 15 is 0 Å². The Morgan fingerprint density at radius 1 is 0.939 bits per heavy atom. The van der Waals surface area contributed by atoms with Gasteiger partial charge in [-0.25, -0.2) is 18.9 Å². The molecule has 5 aromatic rings. The van der Waals surface area contributed by atoms with Crippen LogP contribution in [-0.2, 0) is 6.54 Å². The molecule has 0 radical (unpaired) electrons. The summed E-state index contributed by atoms with van der Waals surface area (Å²) in [4.78, 5) is 12.8. The summed E-state index contributed by atoms with van der Waals surface area (Å²) in [7, 11) is 0. The maximum Gasteiger partial charge on any atom is 0.348 e. The molecule has 6 nitrogen and oxygen atoms in total. The van der Waals surface area contributed by atoms with Crippen LogP contribution in [0, 0.1) is 5.82 Å². The molecular weight excluding hydrogens is 441 g/mol. The number of fused-ring (bicyclic) bond motifs is 1. The lowest BCUT2D eigenvalue weighted by Crippen LogP contribution is -2.15. The second kappa shape index (κ2) is 9.44. The molecule has 0 spiro atoms. The fraction of sp³-hybridized carbons (Fsp3) is 0.120. The van der Waals surface area contributed by atoms with Crippen molar-refractivity contribution in [3.63, 3.8) is 0 Å². The molecule has 0 bridgehead atoms. The predicted octanol–water partition coefficient (Wildman–Crippen LogP) is 4.76. The van der Waals surface area contributed by atoms with E-state index in [2.05, 4.69) is 10.2 Å². The fourth-order valence-corrected chi connectivity index (χ4v) is 4.03. The van der Waals surface area contributed by atoms with Crippen LogP contribution in [0.15, 0.2) is 83.8 Å². The molecule has 0 aliphatic heterocycles. The molecule has 0 aliphatic rings. The molecule has 33 heavy (non-hydrogen) atoms. The smallest absolute Gasteiger partial charge is 0.345 e. The summed E-state index contributed by atoms with van der Waals surface area (Å²) < 4.78 is 17.6. The summed E-state index contributed by atoms with van der Waals surface area (Å²) in [5.74, 6) is 0.109. The highest BCUT2D eigenvalue weighted by molar-refractivity contribution is 5.90. The maximum absolute atomic E-state index is 14.1. The molecule has 0 fully saturated rings. The van der Waals surface area contributed by atoms with E-state index in [0.29, 0.717) is 30.0 Å². The van der Waals surface area contributed by atoms with Gasteiger partial charge >= 0.3 is 5.69 Å². The number of halogens is 2. The van der Waals surface area contributed by atoms with Crippen LogP contribution in [-0.4, -0.2) is 25.9 Å². The molecule has 0 saturated heterocycles. The van der Waals surface area contributed by atoms with Gasteiger partial charge in [0.25, 0.3) is 0 Å². The number of hydrogen-bond donors (Lipinski definition) is 2. The first-order valence-corrected chi connectivity index (χ1v) is 10.5. The first kappa shape index (κ1) is 22.5. The molecule has 0 amide bonds. The van der Waals surface area contributed by atoms with Gasteiger partial charge in [-0.2, -0.15) is 5.10 Å². The van der Waals surface area contributed by atoms with Gasteiger partial charge in [0.1, 0.15) is 5.82 Å². The zero-order valence-electron chi connectivity index (χ0n) is 17.7. The third-order valence-electron chi connectivity index (χ3n) is 5.59. The van der Waals surface area contributed by atoms with E-state index in [1.807, 2.05) is 65.4 Å². The number of nitrogens with zero attached hydrogens (tertiary/aromatic N) is 3. The Morgan fingerprint density at radius 3 is 2.36 bits per heavy atom. The highest BCUT2D eigenvalue weighted by Crippen LogP contribution is 2.29. The van der Waals surface area contributed by atoms with Gasteiger partial charge < -0.3 is 10.3 Å². The van der Waals surface area contributed by atoms with E-state index in [-0.39, 0.29) is 23.9 Å². The monoisotopic (exact) mass is 463 g/mol. The summed E-state index contributed by atoms with van der Waals surface area (Å²) in [6, 6.07) is 22.5. The van der Waals surface area contributed by atoms with Crippen LogP contribution in [0.2, 0.25) is 0 Å². The standard InChI is InChI=1S/C25H22FN5O.ClH/c26-20-11-12-22-21(15-20)23(16-30(22)14-4-13-27)31-24(28-29-25(31)32)19-9-7-18(8-10-19)17-5-2-1-3-6-17;/h1-3,5-12,15-16H,4,13-14,27H2,(H,29,32);1H. The van der Waals surface area contributed by atoms with Crippen molar-refractivity contribution in [2.75, 3.05) is 6.54 Å². The Bertz CT molecular complexity index is 1440. The maximum atomic E-state index is 14.1. The minimum atomic E-state index is -0.380. The first-order valence-electron chi connectivity index (χ1n) is 10.5. The molecule has 3 aromatic carbocycles. The van der Waals surface area contributed by atoms with E-state index in [9.17, 15) is 9.18 Å². The molecule has 8 heteroatoms.